The number of para-hydroxylation sites is 1. The Morgan fingerprint density at radius 1 is 1.28 bits per heavy atom. The van der Waals surface area contributed by atoms with Gasteiger partial charge in [0.1, 0.15) is 11.3 Å². The average Bonchev–Trinajstić information content (AvgIpc) is 2.95. The SMILES string of the molecule is Cc1cccc2cc(C(N)c3ccoc3Cl)oc12. The molecule has 3 nitrogen and oxygen atoms in total. The molecule has 0 saturated heterocycles. The molecule has 0 amide bonds. The van der Waals surface area contributed by atoms with Crippen molar-refractivity contribution in [2.75, 3.05) is 0 Å². The molecule has 1 unspecified atom stereocenters. The number of hydrogen-bond acceptors (Lipinski definition) is 3. The first-order valence-corrected chi connectivity index (χ1v) is 6.02. The second-order valence-electron chi connectivity index (χ2n) is 4.27. The molecule has 1 aromatic carbocycles. The molecule has 0 spiro atoms. The Bertz CT molecular complexity index is 699. The maximum Gasteiger partial charge on any atom is 0.198 e. The summed E-state index contributed by atoms with van der Waals surface area (Å²) >= 11 is 5.93. The summed E-state index contributed by atoms with van der Waals surface area (Å²) in [5.41, 5.74) is 8.82. The Kier molecular flexibility index (Phi) is 2.65. The predicted molar refractivity (Wildman–Crippen MR) is 70.7 cm³/mol. The Labute approximate surface area is 109 Å². The van der Waals surface area contributed by atoms with Crippen molar-refractivity contribution >= 4 is 22.6 Å². The van der Waals surface area contributed by atoms with Gasteiger partial charge in [-0.3, -0.25) is 0 Å². The molecular weight excluding hydrogens is 250 g/mol. The van der Waals surface area contributed by atoms with E-state index >= 15 is 0 Å². The molecule has 3 aromatic rings. The third kappa shape index (κ3) is 1.72. The fourth-order valence-corrected chi connectivity index (χ4v) is 2.29. The van der Waals surface area contributed by atoms with Crippen LogP contribution in [-0.4, -0.2) is 0 Å². The van der Waals surface area contributed by atoms with Crippen molar-refractivity contribution in [1.82, 2.24) is 0 Å². The fraction of sp³-hybridized carbons (Fsp3) is 0.143. The molecule has 18 heavy (non-hydrogen) atoms. The van der Waals surface area contributed by atoms with E-state index < -0.39 is 6.04 Å². The summed E-state index contributed by atoms with van der Waals surface area (Å²) in [6.45, 7) is 2.01. The lowest BCUT2D eigenvalue weighted by Gasteiger charge is -2.05. The Morgan fingerprint density at radius 3 is 2.78 bits per heavy atom. The summed E-state index contributed by atoms with van der Waals surface area (Å²) in [5, 5.41) is 1.35. The lowest BCUT2D eigenvalue weighted by molar-refractivity contribution is 0.517. The molecule has 0 aliphatic carbocycles. The van der Waals surface area contributed by atoms with Gasteiger partial charge in [-0.2, -0.15) is 0 Å². The maximum absolute atomic E-state index is 6.14. The fourth-order valence-electron chi connectivity index (χ4n) is 2.06. The van der Waals surface area contributed by atoms with Crippen molar-refractivity contribution in [3.8, 4) is 0 Å². The van der Waals surface area contributed by atoms with Crippen LogP contribution in [0.1, 0.15) is 22.9 Å². The molecular formula is C14H12ClNO2. The molecule has 2 N–H and O–H groups in total. The third-order valence-corrected chi connectivity index (χ3v) is 3.35. The normalized spacial score (nSPS) is 13.1. The van der Waals surface area contributed by atoms with E-state index in [9.17, 15) is 0 Å². The van der Waals surface area contributed by atoms with Crippen LogP contribution in [0.5, 0.6) is 0 Å². The van der Waals surface area contributed by atoms with Gasteiger partial charge in [0, 0.05) is 10.9 Å². The highest BCUT2D eigenvalue weighted by Gasteiger charge is 2.19. The minimum absolute atomic E-state index is 0.305. The average molecular weight is 262 g/mol. The van der Waals surface area contributed by atoms with Crippen LogP contribution in [0.2, 0.25) is 5.22 Å². The second-order valence-corrected chi connectivity index (χ2v) is 4.61. The van der Waals surface area contributed by atoms with Gasteiger partial charge in [-0.1, -0.05) is 18.2 Å². The van der Waals surface area contributed by atoms with E-state index in [4.69, 9.17) is 26.2 Å². The van der Waals surface area contributed by atoms with Crippen molar-refractivity contribution in [2.45, 2.75) is 13.0 Å². The summed E-state index contributed by atoms with van der Waals surface area (Å²) in [5.74, 6) is 0.683. The highest BCUT2D eigenvalue weighted by atomic mass is 35.5. The van der Waals surface area contributed by atoms with Crippen LogP contribution < -0.4 is 5.73 Å². The van der Waals surface area contributed by atoms with Crippen LogP contribution in [-0.2, 0) is 0 Å². The van der Waals surface area contributed by atoms with E-state index in [1.165, 1.54) is 6.26 Å². The van der Waals surface area contributed by atoms with Gasteiger partial charge in [0.2, 0.25) is 0 Å². The van der Waals surface area contributed by atoms with E-state index in [0.717, 1.165) is 22.1 Å². The van der Waals surface area contributed by atoms with Crippen molar-refractivity contribution in [3.63, 3.8) is 0 Å². The summed E-state index contributed by atoms with van der Waals surface area (Å²) in [7, 11) is 0. The lowest BCUT2D eigenvalue weighted by atomic mass is 10.1. The number of rotatable bonds is 2. The van der Waals surface area contributed by atoms with Crippen LogP contribution in [0.4, 0.5) is 0 Å². The van der Waals surface area contributed by atoms with Crippen LogP contribution in [0.15, 0.2) is 45.4 Å². The maximum atomic E-state index is 6.14. The molecule has 92 valence electrons. The Hall–Kier alpha value is -1.71. The van der Waals surface area contributed by atoms with Crippen LogP contribution in [0.3, 0.4) is 0 Å². The van der Waals surface area contributed by atoms with Gasteiger partial charge in [-0.15, -0.1) is 0 Å². The zero-order chi connectivity index (χ0) is 12.7. The van der Waals surface area contributed by atoms with Gasteiger partial charge in [-0.05, 0) is 36.2 Å². The van der Waals surface area contributed by atoms with Gasteiger partial charge in [0.05, 0.1) is 12.3 Å². The minimum atomic E-state index is -0.414. The first-order valence-electron chi connectivity index (χ1n) is 5.64. The monoisotopic (exact) mass is 261 g/mol. The first-order chi connectivity index (χ1) is 8.66. The van der Waals surface area contributed by atoms with Crippen LogP contribution in [0, 0.1) is 6.92 Å². The number of fused-ring (bicyclic) bond motifs is 1. The molecule has 2 aromatic heterocycles. The van der Waals surface area contributed by atoms with Gasteiger partial charge < -0.3 is 14.6 Å². The zero-order valence-corrected chi connectivity index (χ0v) is 10.6. The number of halogens is 1. The standard InChI is InChI=1S/C14H12ClNO2/c1-8-3-2-4-9-7-11(18-13(8)9)12(16)10-5-6-17-14(10)15/h2-7,12H,16H2,1H3. The summed E-state index contributed by atoms with van der Waals surface area (Å²) in [4.78, 5) is 0. The molecule has 3 rings (SSSR count). The predicted octanol–water partition coefficient (Wildman–Crippen LogP) is 4.04. The Morgan fingerprint density at radius 2 is 2.11 bits per heavy atom. The molecule has 0 aliphatic heterocycles. The minimum Gasteiger partial charge on any atom is -0.459 e. The van der Waals surface area contributed by atoms with Crippen molar-refractivity contribution in [1.29, 1.82) is 0 Å². The van der Waals surface area contributed by atoms with Gasteiger partial charge in [-0.25, -0.2) is 0 Å². The molecule has 0 saturated carbocycles. The summed E-state index contributed by atoms with van der Waals surface area (Å²) < 4.78 is 10.9. The number of furan rings is 2. The molecule has 0 fully saturated rings. The van der Waals surface area contributed by atoms with Gasteiger partial charge >= 0.3 is 0 Å². The number of aryl methyl sites for hydroxylation is 1. The summed E-state index contributed by atoms with van der Waals surface area (Å²) in [6.07, 6.45) is 1.52. The lowest BCUT2D eigenvalue weighted by Crippen LogP contribution is -2.10. The van der Waals surface area contributed by atoms with E-state index in [0.29, 0.717) is 11.0 Å². The zero-order valence-electron chi connectivity index (χ0n) is 9.81. The number of hydrogen-bond donors (Lipinski definition) is 1. The second kappa shape index (κ2) is 4.19. The third-order valence-electron chi connectivity index (χ3n) is 3.05. The van der Waals surface area contributed by atoms with Gasteiger partial charge in [0.25, 0.3) is 0 Å². The number of nitrogens with two attached hydrogens (primary N) is 1. The molecule has 0 bridgehead atoms. The van der Waals surface area contributed by atoms with Crippen molar-refractivity contribution in [2.24, 2.45) is 5.73 Å². The molecule has 0 radical (unpaired) electrons. The highest BCUT2D eigenvalue weighted by Crippen LogP contribution is 2.31. The van der Waals surface area contributed by atoms with E-state index in [2.05, 4.69) is 0 Å². The van der Waals surface area contributed by atoms with Gasteiger partial charge in [0.15, 0.2) is 5.22 Å². The quantitative estimate of drug-likeness (QED) is 0.757. The number of benzene rings is 1. The van der Waals surface area contributed by atoms with Crippen molar-refractivity contribution in [3.05, 3.63) is 58.7 Å². The van der Waals surface area contributed by atoms with E-state index in [1.807, 2.05) is 31.2 Å². The smallest absolute Gasteiger partial charge is 0.198 e. The largest absolute Gasteiger partial charge is 0.459 e. The topological polar surface area (TPSA) is 52.3 Å². The van der Waals surface area contributed by atoms with Crippen molar-refractivity contribution < 1.29 is 8.83 Å². The first kappa shape index (κ1) is 11.4. The molecule has 0 aliphatic rings. The molecule has 2 heterocycles. The van der Waals surface area contributed by atoms with E-state index in [1.54, 1.807) is 6.07 Å². The molecule has 1 atom stereocenters. The van der Waals surface area contributed by atoms with E-state index in [-0.39, 0.29) is 0 Å². The van der Waals surface area contributed by atoms with Crippen LogP contribution >= 0.6 is 11.6 Å². The Balaban J connectivity index is 2.10. The highest BCUT2D eigenvalue weighted by molar-refractivity contribution is 6.29. The van der Waals surface area contributed by atoms with Crippen LogP contribution in [0.25, 0.3) is 11.0 Å². The molecule has 4 heteroatoms. The summed E-state index contributed by atoms with van der Waals surface area (Å²) in [6, 6.07) is 9.28.